The fourth-order valence-corrected chi connectivity index (χ4v) is 11.3. The molecule has 1 atom stereocenters. The first-order valence-corrected chi connectivity index (χ1v) is 16.6. The van der Waals surface area contributed by atoms with Crippen molar-refractivity contribution in [1.29, 1.82) is 0 Å². The summed E-state index contributed by atoms with van der Waals surface area (Å²) in [6.45, 7) is 10.00. The van der Waals surface area contributed by atoms with Gasteiger partial charge in [0.15, 0.2) is 0 Å². The fraction of sp³-hybridized carbons (Fsp3) is 0.600. The minimum absolute atomic E-state index is 0.146. The Morgan fingerprint density at radius 2 is 1.78 bits per heavy atom. The zero-order valence-corrected chi connectivity index (χ0v) is 23.5. The van der Waals surface area contributed by atoms with Crippen LogP contribution in [-0.2, 0) is 27.3 Å². The van der Waals surface area contributed by atoms with E-state index in [1.54, 1.807) is 0 Å². The molecule has 200 valence electrons. The molecule has 6 nitrogen and oxygen atoms in total. The molecule has 4 aliphatic rings. The smallest absolute Gasteiger partial charge is 0.338 e. The highest BCUT2D eigenvalue weighted by Gasteiger charge is 2.45. The van der Waals surface area contributed by atoms with Gasteiger partial charge in [0.1, 0.15) is 19.2 Å². The van der Waals surface area contributed by atoms with E-state index in [1.807, 2.05) is 12.1 Å². The second-order valence-corrected chi connectivity index (χ2v) is 15.4. The van der Waals surface area contributed by atoms with E-state index in [1.165, 1.54) is 67.5 Å². The lowest BCUT2D eigenvalue weighted by molar-refractivity contribution is -0.135. The molecule has 1 aromatic carbocycles. The fourth-order valence-electron chi connectivity index (χ4n) is 6.50. The number of hydrogen-bond acceptors (Lipinski definition) is 6. The van der Waals surface area contributed by atoms with Gasteiger partial charge >= 0.3 is 11.9 Å². The van der Waals surface area contributed by atoms with E-state index in [-0.39, 0.29) is 11.9 Å². The summed E-state index contributed by atoms with van der Waals surface area (Å²) in [4.78, 5) is 29.1. The van der Waals surface area contributed by atoms with Crippen LogP contribution in [0, 0.1) is 6.92 Å². The Morgan fingerprint density at radius 1 is 1.03 bits per heavy atom. The Hall–Kier alpha value is -2.01. The lowest BCUT2D eigenvalue weighted by Crippen LogP contribution is -2.43. The number of benzene rings is 1. The summed E-state index contributed by atoms with van der Waals surface area (Å²) >= 11 is 0. The molecule has 4 heterocycles. The first-order valence-electron chi connectivity index (χ1n) is 14.1. The van der Waals surface area contributed by atoms with Crippen molar-refractivity contribution < 1.29 is 19.1 Å². The van der Waals surface area contributed by atoms with Crippen LogP contribution in [0.25, 0.3) is 0 Å². The number of carbonyl (C=O) groups is 2. The van der Waals surface area contributed by atoms with Crippen LogP contribution in [0.15, 0.2) is 35.4 Å². The molecule has 0 radical (unpaired) electrons. The van der Waals surface area contributed by atoms with Crippen LogP contribution in [0.4, 0.5) is 0 Å². The molecule has 1 aromatic rings. The SMILES string of the molecule is CC/C(=C\C=C1/CCOC1=O)CCN1CCC[P+]2(CCCN(CCc3ccc4c(c3C)COC4=O)C2)C1. The highest BCUT2D eigenvalue weighted by molar-refractivity contribution is 7.75. The minimum atomic E-state index is -0.966. The largest absolute Gasteiger partial charge is 0.462 e. The van der Waals surface area contributed by atoms with Crippen molar-refractivity contribution >= 4 is 19.2 Å². The maximum atomic E-state index is 11.9. The van der Waals surface area contributed by atoms with E-state index in [9.17, 15) is 9.59 Å². The van der Waals surface area contributed by atoms with Gasteiger partial charge in [-0.3, -0.25) is 9.80 Å². The highest BCUT2D eigenvalue weighted by Crippen LogP contribution is 2.63. The number of cyclic esters (lactones) is 2. The van der Waals surface area contributed by atoms with Gasteiger partial charge < -0.3 is 9.47 Å². The van der Waals surface area contributed by atoms with Gasteiger partial charge in [0.2, 0.25) is 0 Å². The molecular weight excluding hydrogens is 483 g/mol. The number of allylic oxidation sites excluding steroid dienone is 2. The first kappa shape index (κ1) is 26.6. The molecule has 0 N–H and O–H groups in total. The molecule has 4 aliphatic heterocycles. The Morgan fingerprint density at radius 3 is 2.49 bits per heavy atom. The molecule has 0 aromatic heterocycles. The Balaban J connectivity index is 1.15. The summed E-state index contributed by atoms with van der Waals surface area (Å²) in [5.41, 5.74) is 6.69. The molecule has 3 fully saturated rings. The van der Waals surface area contributed by atoms with Crippen LogP contribution < -0.4 is 0 Å². The summed E-state index contributed by atoms with van der Waals surface area (Å²) < 4.78 is 10.3. The molecule has 0 saturated carbocycles. The molecule has 37 heavy (non-hydrogen) atoms. The van der Waals surface area contributed by atoms with E-state index in [2.05, 4.69) is 35.8 Å². The van der Waals surface area contributed by atoms with Crippen molar-refractivity contribution in [1.82, 2.24) is 9.80 Å². The Kier molecular flexibility index (Phi) is 8.48. The number of hydrogen-bond donors (Lipinski definition) is 0. The summed E-state index contributed by atoms with van der Waals surface area (Å²) in [5, 5.41) is 0. The predicted octanol–water partition coefficient (Wildman–Crippen LogP) is 5.15. The highest BCUT2D eigenvalue weighted by atomic mass is 31.2. The van der Waals surface area contributed by atoms with Crippen LogP contribution in [0.5, 0.6) is 0 Å². The molecule has 7 heteroatoms. The van der Waals surface area contributed by atoms with E-state index in [0.717, 1.165) is 55.5 Å². The van der Waals surface area contributed by atoms with E-state index in [0.29, 0.717) is 13.2 Å². The first-order chi connectivity index (χ1) is 18.0. The van der Waals surface area contributed by atoms with Crippen molar-refractivity contribution in [2.24, 2.45) is 0 Å². The summed E-state index contributed by atoms with van der Waals surface area (Å²) in [6.07, 6.45) is 16.2. The van der Waals surface area contributed by atoms with Crippen molar-refractivity contribution in [3.05, 3.63) is 57.7 Å². The predicted molar refractivity (Wildman–Crippen MR) is 149 cm³/mol. The van der Waals surface area contributed by atoms with Gasteiger partial charge in [-0.05, 0) is 56.2 Å². The average molecular weight is 526 g/mol. The minimum Gasteiger partial charge on any atom is -0.462 e. The topological polar surface area (TPSA) is 59.1 Å². The normalized spacial score (nSPS) is 26.1. The van der Waals surface area contributed by atoms with Crippen LogP contribution in [0.2, 0.25) is 0 Å². The van der Waals surface area contributed by atoms with E-state index < -0.39 is 7.26 Å². The van der Waals surface area contributed by atoms with Crippen molar-refractivity contribution in [2.75, 3.05) is 57.7 Å². The second-order valence-electron chi connectivity index (χ2n) is 11.2. The number of fused-ring (bicyclic) bond motifs is 1. The molecule has 0 aliphatic carbocycles. The standard InChI is InChI=1S/C30H42N2O4P/c1-3-24(6-7-26-12-17-35-29(26)33)10-15-31-13-4-18-37(21-31)19-5-14-32(22-37)16-11-25-8-9-27-28(23(25)2)20-36-30(27)34/h6-9H,3-5,10-22H2,1-2H3/q+1/b24-6+,26-7+. The third kappa shape index (κ3) is 6.19. The van der Waals surface area contributed by atoms with Crippen molar-refractivity contribution in [3.8, 4) is 0 Å². The van der Waals surface area contributed by atoms with Crippen LogP contribution in [0.1, 0.15) is 66.1 Å². The van der Waals surface area contributed by atoms with Crippen molar-refractivity contribution in [3.63, 3.8) is 0 Å². The number of nitrogens with zero attached hydrogens (tertiary/aromatic N) is 2. The average Bonchev–Trinajstić information content (AvgIpc) is 3.49. The molecule has 3 saturated heterocycles. The van der Waals surface area contributed by atoms with Gasteiger partial charge in [-0.25, -0.2) is 9.59 Å². The molecule has 5 rings (SSSR count). The zero-order chi connectivity index (χ0) is 25.8. The van der Waals surface area contributed by atoms with E-state index >= 15 is 0 Å². The Labute approximate surface area is 222 Å². The quantitative estimate of drug-likeness (QED) is 0.266. The number of carbonyl (C=O) groups excluding carboxylic acids is 2. The van der Waals surface area contributed by atoms with Gasteiger partial charge in [-0.1, -0.05) is 30.7 Å². The van der Waals surface area contributed by atoms with Crippen LogP contribution in [-0.4, -0.2) is 79.4 Å². The monoisotopic (exact) mass is 525 g/mol. The maximum absolute atomic E-state index is 11.9. The molecule has 1 spiro atoms. The van der Waals surface area contributed by atoms with E-state index in [4.69, 9.17) is 9.47 Å². The lowest BCUT2D eigenvalue weighted by atomic mass is 9.97. The van der Waals surface area contributed by atoms with Gasteiger partial charge in [-0.2, -0.15) is 0 Å². The molecule has 0 amide bonds. The van der Waals surface area contributed by atoms with Gasteiger partial charge in [-0.15, -0.1) is 0 Å². The van der Waals surface area contributed by atoms with Gasteiger partial charge in [0, 0.05) is 51.0 Å². The lowest BCUT2D eigenvalue weighted by Gasteiger charge is -2.43. The Bertz CT molecular complexity index is 1090. The second kappa shape index (κ2) is 11.8. The van der Waals surface area contributed by atoms with Crippen LogP contribution in [0.3, 0.4) is 0 Å². The number of esters is 2. The molecular formula is C30H42N2O4P+. The summed E-state index contributed by atoms with van der Waals surface area (Å²) in [6, 6.07) is 4.11. The zero-order valence-electron chi connectivity index (χ0n) is 22.6. The van der Waals surface area contributed by atoms with Gasteiger partial charge in [0.05, 0.1) is 24.5 Å². The maximum Gasteiger partial charge on any atom is 0.338 e. The van der Waals surface area contributed by atoms with Crippen LogP contribution >= 0.6 is 7.26 Å². The van der Waals surface area contributed by atoms with Crippen molar-refractivity contribution in [2.45, 2.75) is 59.0 Å². The summed E-state index contributed by atoms with van der Waals surface area (Å²) in [7, 11) is -0.966. The number of rotatable bonds is 8. The molecule has 1 unspecified atom stereocenters. The third-order valence-corrected chi connectivity index (χ3v) is 13.3. The third-order valence-electron chi connectivity index (χ3n) is 8.78. The number of ether oxygens (including phenoxy) is 2. The summed E-state index contributed by atoms with van der Waals surface area (Å²) in [5.74, 6) is -0.321. The molecule has 0 bridgehead atoms. The van der Waals surface area contributed by atoms with Gasteiger partial charge in [0.25, 0.3) is 0 Å².